The molecule has 0 aliphatic heterocycles. The Morgan fingerprint density at radius 1 is 1.00 bits per heavy atom. The van der Waals surface area contributed by atoms with Gasteiger partial charge >= 0.3 is 5.97 Å². The van der Waals surface area contributed by atoms with Gasteiger partial charge in [-0.1, -0.05) is 30.3 Å². The quantitative estimate of drug-likeness (QED) is 0.505. The SMILES string of the molecule is N[C@H](CC(=O)O)NS(=O)(=O)c1ccc(C(=O)c2ccccc2)cc1. The number of hydrogen-bond donors (Lipinski definition) is 3. The molecule has 2 rings (SSSR count). The molecular formula is C16H16N2O5S. The molecule has 8 heteroatoms. The minimum atomic E-state index is -3.96. The van der Waals surface area contributed by atoms with Crippen LogP contribution in [-0.4, -0.2) is 31.4 Å². The maximum absolute atomic E-state index is 12.3. The molecule has 2 aromatic rings. The average molecular weight is 348 g/mol. The van der Waals surface area contributed by atoms with Crippen molar-refractivity contribution in [2.24, 2.45) is 5.73 Å². The number of carbonyl (C=O) groups excluding carboxylic acids is 1. The predicted molar refractivity (Wildman–Crippen MR) is 86.9 cm³/mol. The van der Waals surface area contributed by atoms with Gasteiger partial charge in [0.25, 0.3) is 0 Å². The fourth-order valence-electron chi connectivity index (χ4n) is 2.04. The highest BCUT2D eigenvalue weighted by molar-refractivity contribution is 7.89. The van der Waals surface area contributed by atoms with Gasteiger partial charge in [-0.2, -0.15) is 4.72 Å². The number of carboxylic acids is 1. The van der Waals surface area contributed by atoms with E-state index >= 15 is 0 Å². The van der Waals surface area contributed by atoms with E-state index in [2.05, 4.69) is 4.72 Å². The van der Waals surface area contributed by atoms with Crippen LogP contribution in [-0.2, 0) is 14.8 Å². The molecule has 4 N–H and O–H groups in total. The van der Waals surface area contributed by atoms with Crippen LogP contribution >= 0.6 is 0 Å². The summed E-state index contributed by atoms with van der Waals surface area (Å²) in [6, 6.07) is 13.9. The summed E-state index contributed by atoms with van der Waals surface area (Å²) < 4.78 is 26.3. The molecule has 126 valence electrons. The zero-order chi connectivity index (χ0) is 17.7. The number of benzene rings is 2. The third kappa shape index (κ3) is 4.48. The summed E-state index contributed by atoms with van der Waals surface area (Å²) in [6.45, 7) is 0. The van der Waals surface area contributed by atoms with Crippen LogP contribution < -0.4 is 10.5 Å². The summed E-state index contributed by atoms with van der Waals surface area (Å²) >= 11 is 0. The summed E-state index contributed by atoms with van der Waals surface area (Å²) in [5.41, 5.74) is 6.26. The molecule has 0 radical (unpaired) electrons. The Morgan fingerprint density at radius 2 is 1.54 bits per heavy atom. The largest absolute Gasteiger partial charge is 0.481 e. The lowest BCUT2D eigenvalue weighted by Gasteiger charge is -2.12. The zero-order valence-electron chi connectivity index (χ0n) is 12.5. The van der Waals surface area contributed by atoms with Crippen molar-refractivity contribution in [1.29, 1.82) is 0 Å². The molecule has 0 amide bonds. The number of carbonyl (C=O) groups is 2. The molecule has 0 fully saturated rings. The Bertz CT molecular complexity index is 833. The van der Waals surface area contributed by atoms with E-state index in [1.807, 2.05) is 0 Å². The minimum Gasteiger partial charge on any atom is -0.481 e. The molecule has 0 heterocycles. The third-order valence-electron chi connectivity index (χ3n) is 3.16. The normalized spacial score (nSPS) is 12.5. The van der Waals surface area contributed by atoms with Crippen LogP contribution in [0.1, 0.15) is 22.3 Å². The number of aliphatic carboxylic acids is 1. The van der Waals surface area contributed by atoms with Gasteiger partial charge in [0.1, 0.15) is 0 Å². The monoisotopic (exact) mass is 348 g/mol. The fraction of sp³-hybridized carbons (Fsp3) is 0.125. The molecular weight excluding hydrogens is 332 g/mol. The topological polar surface area (TPSA) is 127 Å². The fourth-order valence-corrected chi connectivity index (χ4v) is 3.15. The Labute approximate surface area is 139 Å². The maximum atomic E-state index is 12.3. The number of sulfonamides is 1. The van der Waals surface area contributed by atoms with Gasteiger partial charge in [-0.05, 0) is 24.3 Å². The smallest absolute Gasteiger partial charge is 0.306 e. The highest BCUT2D eigenvalue weighted by Crippen LogP contribution is 2.14. The van der Waals surface area contributed by atoms with Gasteiger partial charge in [-0.3, -0.25) is 9.59 Å². The lowest BCUT2D eigenvalue weighted by atomic mass is 10.0. The molecule has 0 aromatic heterocycles. The van der Waals surface area contributed by atoms with E-state index in [-0.39, 0.29) is 10.7 Å². The van der Waals surface area contributed by atoms with Gasteiger partial charge in [0.05, 0.1) is 17.5 Å². The molecule has 0 saturated carbocycles. The number of hydrogen-bond acceptors (Lipinski definition) is 5. The number of ketones is 1. The first-order chi connectivity index (χ1) is 11.3. The minimum absolute atomic E-state index is 0.104. The molecule has 0 aliphatic rings. The van der Waals surface area contributed by atoms with Crippen molar-refractivity contribution in [3.8, 4) is 0 Å². The van der Waals surface area contributed by atoms with Gasteiger partial charge in [-0.15, -0.1) is 0 Å². The van der Waals surface area contributed by atoms with E-state index in [1.54, 1.807) is 30.3 Å². The van der Waals surface area contributed by atoms with Crippen LogP contribution in [0.5, 0.6) is 0 Å². The van der Waals surface area contributed by atoms with Crippen molar-refractivity contribution >= 4 is 21.8 Å². The number of nitrogens with one attached hydrogen (secondary N) is 1. The van der Waals surface area contributed by atoms with E-state index in [4.69, 9.17) is 10.8 Å². The maximum Gasteiger partial charge on any atom is 0.306 e. The zero-order valence-corrected chi connectivity index (χ0v) is 13.4. The lowest BCUT2D eigenvalue weighted by Crippen LogP contribution is -2.42. The molecule has 1 atom stereocenters. The van der Waals surface area contributed by atoms with Gasteiger partial charge in [-0.25, -0.2) is 8.42 Å². The molecule has 0 bridgehead atoms. The van der Waals surface area contributed by atoms with Crippen molar-refractivity contribution < 1.29 is 23.1 Å². The van der Waals surface area contributed by atoms with Gasteiger partial charge in [0.15, 0.2) is 5.78 Å². The van der Waals surface area contributed by atoms with Gasteiger partial charge < -0.3 is 10.8 Å². The first-order valence-corrected chi connectivity index (χ1v) is 8.47. The molecule has 0 saturated heterocycles. The van der Waals surface area contributed by atoms with Crippen LogP contribution in [0.4, 0.5) is 0 Å². The van der Waals surface area contributed by atoms with E-state index in [1.165, 1.54) is 24.3 Å². The van der Waals surface area contributed by atoms with E-state index in [9.17, 15) is 18.0 Å². The van der Waals surface area contributed by atoms with Gasteiger partial charge in [0.2, 0.25) is 10.0 Å². The summed E-state index contributed by atoms with van der Waals surface area (Å²) in [4.78, 5) is 22.7. The van der Waals surface area contributed by atoms with Crippen molar-refractivity contribution in [1.82, 2.24) is 4.72 Å². The van der Waals surface area contributed by atoms with E-state index in [0.29, 0.717) is 11.1 Å². The van der Waals surface area contributed by atoms with E-state index < -0.39 is 28.6 Å². The third-order valence-corrected chi connectivity index (χ3v) is 4.67. The molecule has 7 nitrogen and oxygen atoms in total. The second-order valence-electron chi connectivity index (χ2n) is 5.05. The first kappa shape index (κ1) is 17.8. The highest BCUT2D eigenvalue weighted by Gasteiger charge is 2.20. The van der Waals surface area contributed by atoms with Crippen molar-refractivity contribution in [2.75, 3.05) is 0 Å². The highest BCUT2D eigenvalue weighted by atomic mass is 32.2. The van der Waals surface area contributed by atoms with Crippen LogP contribution in [0.3, 0.4) is 0 Å². The number of nitrogens with two attached hydrogens (primary N) is 1. The van der Waals surface area contributed by atoms with Crippen molar-refractivity contribution in [2.45, 2.75) is 17.5 Å². The summed E-state index contributed by atoms with van der Waals surface area (Å²) in [6.07, 6.45) is -1.78. The number of rotatable bonds is 7. The standard InChI is InChI=1S/C16H16N2O5S/c17-14(10-15(19)20)18-24(22,23)13-8-6-12(7-9-13)16(21)11-4-2-1-3-5-11/h1-9,14,18H,10,17H2,(H,19,20)/t14-/m0/s1. The number of carboxylic acid groups (broad SMARTS) is 1. The van der Waals surface area contributed by atoms with Crippen LogP contribution in [0.2, 0.25) is 0 Å². The average Bonchev–Trinajstić information content (AvgIpc) is 2.54. The second-order valence-corrected chi connectivity index (χ2v) is 6.76. The Balaban J connectivity index is 2.16. The Hall–Kier alpha value is -2.55. The van der Waals surface area contributed by atoms with Crippen LogP contribution in [0, 0.1) is 0 Å². The summed E-state index contributed by atoms with van der Waals surface area (Å²) in [5.74, 6) is -1.44. The Kier molecular flexibility index (Phi) is 5.45. The second kappa shape index (κ2) is 7.35. The van der Waals surface area contributed by atoms with Crippen LogP contribution in [0.15, 0.2) is 59.5 Å². The van der Waals surface area contributed by atoms with E-state index in [0.717, 1.165) is 0 Å². The molecule has 24 heavy (non-hydrogen) atoms. The van der Waals surface area contributed by atoms with Crippen molar-refractivity contribution in [3.63, 3.8) is 0 Å². The Morgan fingerprint density at radius 3 is 2.08 bits per heavy atom. The lowest BCUT2D eigenvalue weighted by molar-refractivity contribution is -0.137. The van der Waals surface area contributed by atoms with Crippen LogP contribution in [0.25, 0.3) is 0 Å². The summed E-state index contributed by atoms with van der Waals surface area (Å²) in [5, 5.41) is 8.60. The molecule has 0 spiro atoms. The summed E-state index contributed by atoms with van der Waals surface area (Å²) in [7, 11) is -3.96. The molecule has 0 unspecified atom stereocenters. The van der Waals surface area contributed by atoms with Crippen molar-refractivity contribution in [3.05, 3.63) is 65.7 Å². The van der Waals surface area contributed by atoms with Gasteiger partial charge in [0, 0.05) is 11.1 Å². The first-order valence-electron chi connectivity index (χ1n) is 6.99. The predicted octanol–water partition coefficient (Wildman–Crippen LogP) is 0.955. The molecule has 2 aromatic carbocycles. The molecule has 0 aliphatic carbocycles.